The standard InChI is InChI=1S/C66H66O24/c67-37-46-49(68)50(69)53-64(84-46)79-35-32-77-57-55(90-63(75)45-29-17-6-18-30-45)52(88-61(73)43-25-13-4-14-26-43)48(39-83-59(71)41-21-9-2-10-22-41)86-66(57)81-36-33-78-56-54(89-62(74)44-27-15-5-16-28-44)51(87-60(72)42-23-11-3-12-24-42)47(85-65(56)80-34-31-76-53)38-82-58(70)40-19-7-1-8-20-40/h1-30,46-57,64-69H,31-39H2/t46-,47-,48-,49-,50+,51-,52-,53-,54+,55+,56-,57-,64+,65+,66+/m1/s1. The second-order valence-corrected chi connectivity index (χ2v) is 20.8. The zero-order chi connectivity index (χ0) is 62.8. The van der Waals surface area contributed by atoms with Gasteiger partial charge in [-0.2, -0.15) is 0 Å². The Morgan fingerprint density at radius 3 is 0.889 bits per heavy atom. The molecule has 0 saturated carbocycles. The molecule has 0 unspecified atom stereocenters. The summed E-state index contributed by atoms with van der Waals surface area (Å²) in [6, 6.07) is 47.6. The smallest absolute Gasteiger partial charge is 0.338 e. The highest BCUT2D eigenvalue weighted by molar-refractivity contribution is 5.92. The fraction of sp³-hybridized carbons (Fsp3) is 0.364. The Balaban J connectivity index is 1.03. The topological polar surface area (TPSA) is 302 Å². The maximum absolute atomic E-state index is 14.4. The van der Waals surface area contributed by atoms with Gasteiger partial charge in [-0.15, -0.1) is 0 Å². The average Bonchev–Trinajstić information content (AvgIpc) is 0.964. The SMILES string of the molecule is O=C(OC[C@H]1O[C@@H]2OCCO[C@H]3[C@@H](OCCO[C@H]4[C@@H](OCCO[C@@H]2[C@@H](OC(=O)c2ccccc2)[C@@H]1OC(=O)c1ccccc1)O[C@H](CO)[C@@H](O)[C@@H]4O)O[C@H](COC(=O)c1ccccc1)[C@@H](OC(=O)c1ccccc1)[C@@H]3OC(=O)c1ccccc1)c1ccccc1. The third-order valence-corrected chi connectivity index (χ3v) is 14.8. The Kier molecular flexibility index (Phi) is 22.9. The number of ether oxygens (including phenoxy) is 15. The summed E-state index contributed by atoms with van der Waals surface area (Å²) in [5.41, 5.74) is 0.689. The minimum absolute atomic E-state index is 0.0778. The minimum Gasteiger partial charge on any atom is -0.459 e. The average molecular weight is 1240 g/mol. The molecule has 0 amide bonds. The van der Waals surface area contributed by atoms with E-state index in [1.54, 1.807) is 109 Å². The lowest BCUT2D eigenvalue weighted by molar-refractivity contribution is -0.333. The number of aliphatic hydroxyl groups excluding tert-OH is 3. The highest BCUT2D eigenvalue weighted by Gasteiger charge is 2.55. The molecule has 0 spiro atoms. The number of esters is 6. The lowest BCUT2D eigenvalue weighted by Gasteiger charge is -2.45. The molecule has 10 rings (SSSR count). The molecule has 0 aliphatic carbocycles. The Morgan fingerprint density at radius 1 is 0.322 bits per heavy atom. The summed E-state index contributed by atoms with van der Waals surface area (Å²) in [6.45, 7) is -4.46. The van der Waals surface area contributed by atoms with Crippen LogP contribution in [0.4, 0.5) is 0 Å². The summed E-state index contributed by atoms with van der Waals surface area (Å²) >= 11 is 0. The number of aliphatic hydroxyl groups is 3. The van der Waals surface area contributed by atoms with Crippen LogP contribution in [0.1, 0.15) is 62.1 Å². The number of hydrogen-bond donors (Lipinski definition) is 3. The van der Waals surface area contributed by atoms with Gasteiger partial charge in [-0.3, -0.25) is 0 Å². The molecule has 4 aliphatic heterocycles. The van der Waals surface area contributed by atoms with Crippen molar-refractivity contribution in [3.8, 4) is 0 Å². The van der Waals surface area contributed by atoms with Crippen LogP contribution >= 0.6 is 0 Å². The van der Waals surface area contributed by atoms with Crippen LogP contribution in [0.2, 0.25) is 0 Å². The first-order valence-electron chi connectivity index (χ1n) is 29.1. The van der Waals surface area contributed by atoms with Crippen molar-refractivity contribution in [3.05, 3.63) is 215 Å². The summed E-state index contributed by atoms with van der Waals surface area (Å²) in [7, 11) is 0. The number of benzene rings is 6. The van der Waals surface area contributed by atoms with Gasteiger partial charge in [0.15, 0.2) is 43.3 Å². The summed E-state index contributed by atoms with van der Waals surface area (Å²) in [6.07, 6.45) is -23.7. The van der Waals surface area contributed by atoms with Crippen LogP contribution in [-0.4, -0.2) is 203 Å². The van der Waals surface area contributed by atoms with Gasteiger partial charge >= 0.3 is 35.8 Å². The first-order valence-corrected chi connectivity index (χ1v) is 29.1. The summed E-state index contributed by atoms with van der Waals surface area (Å²) in [4.78, 5) is 84.3. The lowest BCUT2D eigenvalue weighted by atomic mass is 9.97. The predicted molar refractivity (Wildman–Crippen MR) is 308 cm³/mol. The molecule has 474 valence electrons. The van der Waals surface area contributed by atoms with E-state index in [9.17, 15) is 44.1 Å². The third-order valence-electron chi connectivity index (χ3n) is 14.8. The molecular weight excluding hydrogens is 1180 g/mol. The summed E-state index contributed by atoms with van der Waals surface area (Å²) < 4.78 is 93.9. The van der Waals surface area contributed by atoms with Crippen molar-refractivity contribution in [1.29, 1.82) is 0 Å². The van der Waals surface area contributed by atoms with Gasteiger partial charge in [0.25, 0.3) is 0 Å². The number of carbonyl (C=O) groups is 6. The van der Waals surface area contributed by atoms with E-state index in [1.807, 2.05) is 0 Å². The van der Waals surface area contributed by atoms with Crippen molar-refractivity contribution in [2.45, 2.75) is 92.1 Å². The fourth-order valence-electron chi connectivity index (χ4n) is 10.3. The molecule has 24 nitrogen and oxygen atoms in total. The van der Waals surface area contributed by atoms with E-state index >= 15 is 0 Å². The Bertz CT molecular complexity index is 3260. The molecule has 4 fully saturated rings. The van der Waals surface area contributed by atoms with Gasteiger partial charge in [0.2, 0.25) is 0 Å². The zero-order valence-electron chi connectivity index (χ0n) is 48.3. The monoisotopic (exact) mass is 1240 g/mol. The Hall–Kier alpha value is -8.34. The highest BCUT2D eigenvalue weighted by atomic mass is 16.8. The van der Waals surface area contributed by atoms with Gasteiger partial charge in [-0.1, -0.05) is 109 Å². The number of fused-ring (bicyclic) bond motifs is 3. The van der Waals surface area contributed by atoms with Gasteiger partial charge < -0.3 is 86.4 Å². The summed E-state index contributed by atoms with van der Waals surface area (Å²) in [5.74, 6) is -5.16. The van der Waals surface area contributed by atoms with Crippen LogP contribution in [0.15, 0.2) is 182 Å². The van der Waals surface area contributed by atoms with Crippen molar-refractivity contribution >= 4 is 35.8 Å². The second-order valence-electron chi connectivity index (χ2n) is 20.8. The minimum atomic E-state index is -1.74. The molecule has 6 aromatic carbocycles. The molecule has 15 atom stereocenters. The quantitative estimate of drug-likeness (QED) is 0.0926. The van der Waals surface area contributed by atoms with Gasteiger partial charge in [-0.05, 0) is 72.8 Å². The molecule has 4 heterocycles. The molecule has 4 saturated heterocycles. The van der Waals surface area contributed by atoms with Crippen LogP contribution in [0.5, 0.6) is 0 Å². The van der Waals surface area contributed by atoms with Crippen molar-refractivity contribution in [2.75, 3.05) is 59.5 Å². The van der Waals surface area contributed by atoms with Crippen molar-refractivity contribution in [3.63, 3.8) is 0 Å². The zero-order valence-corrected chi connectivity index (χ0v) is 48.3. The normalized spacial score (nSPS) is 28.2. The molecule has 6 aromatic rings. The maximum Gasteiger partial charge on any atom is 0.338 e. The molecule has 0 radical (unpaired) electrons. The van der Waals surface area contributed by atoms with Gasteiger partial charge in [-0.25, -0.2) is 28.8 Å². The lowest BCUT2D eigenvalue weighted by Crippen LogP contribution is -2.63. The van der Waals surface area contributed by atoms with Gasteiger partial charge in [0.05, 0.1) is 79.6 Å². The number of rotatable bonds is 15. The van der Waals surface area contributed by atoms with Crippen LogP contribution < -0.4 is 0 Å². The largest absolute Gasteiger partial charge is 0.459 e. The third kappa shape index (κ3) is 16.5. The Labute approximate surface area is 516 Å². The highest BCUT2D eigenvalue weighted by Crippen LogP contribution is 2.35. The van der Waals surface area contributed by atoms with Crippen molar-refractivity contribution in [1.82, 2.24) is 0 Å². The van der Waals surface area contributed by atoms with Crippen molar-refractivity contribution in [2.24, 2.45) is 0 Å². The molecule has 0 aromatic heterocycles. The van der Waals surface area contributed by atoms with Crippen LogP contribution in [0.25, 0.3) is 0 Å². The first-order chi connectivity index (χ1) is 43.9. The molecule has 4 aliphatic rings. The van der Waals surface area contributed by atoms with E-state index in [0.29, 0.717) is 0 Å². The fourth-order valence-corrected chi connectivity index (χ4v) is 10.3. The van der Waals surface area contributed by atoms with E-state index < -0.39 is 174 Å². The predicted octanol–water partition coefficient (Wildman–Crippen LogP) is 4.71. The van der Waals surface area contributed by atoms with Crippen LogP contribution in [0, 0.1) is 0 Å². The molecule has 24 heteroatoms. The summed E-state index contributed by atoms with van der Waals surface area (Å²) in [5, 5.41) is 32.8. The number of hydrogen-bond acceptors (Lipinski definition) is 24. The van der Waals surface area contributed by atoms with E-state index in [-0.39, 0.29) is 46.6 Å². The Morgan fingerprint density at radius 2 is 0.578 bits per heavy atom. The van der Waals surface area contributed by atoms with E-state index in [1.165, 1.54) is 72.8 Å². The number of carbonyl (C=O) groups excluding carboxylic acids is 6. The van der Waals surface area contributed by atoms with Crippen LogP contribution in [0.3, 0.4) is 0 Å². The van der Waals surface area contributed by atoms with Gasteiger partial charge in [0, 0.05) is 0 Å². The van der Waals surface area contributed by atoms with Crippen molar-refractivity contribution < 1.29 is 115 Å². The molecule has 3 N–H and O–H groups in total. The second kappa shape index (κ2) is 31.9. The molecular formula is C66H66O24. The maximum atomic E-state index is 14.4. The van der Waals surface area contributed by atoms with E-state index in [4.69, 9.17) is 71.1 Å². The molecule has 0 bridgehead atoms. The molecule has 90 heavy (non-hydrogen) atoms. The first kappa shape index (κ1) is 64.6. The van der Waals surface area contributed by atoms with Gasteiger partial charge in [0.1, 0.15) is 62.0 Å². The van der Waals surface area contributed by atoms with E-state index in [0.717, 1.165) is 0 Å². The van der Waals surface area contributed by atoms with Crippen LogP contribution in [-0.2, 0) is 71.1 Å². The van der Waals surface area contributed by atoms with E-state index in [2.05, 4.69) is 0 Å².